The van der Waals surface area contributed by atoms with Gasteiger partial charge < -0.3 is 14.6 Å². The first-order valence-electron chi connectivity index (χ1n) is 6.17. The second-order valence-corrected chi connectivity index (χ2v) is 4.29. The van der Waals surface area contributed by atoms with Crippen LogP contribution in [0.4, 0.5) is 0 Å². The lowest BCUT2D eigenvalue weighted by Gasteiger charge is -2.09. The minimum atomic E-state index is -0.539. The minimum absolute atomic E-state index is 0.0102. The third-order valence-electron chi connectivity index (χ3n) is 2.97. The van der Waals surface area contributed by atoms with Gasteiger partial charge in [0.1, 0.15) is 11.5 Å². The Labute approximate surface area is 121 Å². The molecule has 0 atom stereocenters. The van der Waals surface area contributed by atoms with Crippen LogP contribution >= 0.6 is 0 Å². The number of phenols is 1. The molecule has 0 saturated heterocycles. The van der Waals surface area contributed by atoms with E-state index in [2.05, 4.69) is 4.74 Å². The van der Waals surface area contributed by atoms with Crippen molar-refractivity contribution in [3.8, 4) is 11.5 Å². The molecule has 5 nitrogen and oxygen atoms in total. The second-order valence-electron chi connectivity index (χ2n) is 4.29. The SMILES string of the molecule is COC(=O)c1ccc(OC)c(C(=O)c2cccc(O)c2)c1. The number of phenolic OH excluding ortho intramolecular Hbond substituents is 1. The number of aromatic hydroxyl groups is 1. The quantitative estimate of drug-likeness (QED) is 0.690. The smallest absolute Gasteiger partial charge is 0.337 e. The zero-order chi connectivity index (χ0) is 15.4. The molecule has 0 saturated carbocycles. The zero-order valence-corrected chi connectivity index (χ0v) is 11.6. The highest BCUT2D eigenvalue weighted by molar-refractivity contribution is 6.11. The molecule has 0 bridgehead atoms. The van der Waals surface area contributed by atoms with Gasteiger partial charge in [-0.1, -0.05) is 12.1 Å². The van der Waals surface area contributed by atoms with E-state index in [0.717, 1.165) is 0 Å². The van der Waals surface area contributed by atoms with Crippen LogP contribution in [0.15, 0.2) is 42.5 Å². The zero-order valence-electron chi connectivity index (χ0n) is 11.6. The van der Waals surface area contributed by atoms with E-state index in [9.17, 15) is 14.7 Å². The van der Waals surface area contributed by atoms with Gasteiger partial charge >= 0.3 is 5.97 Å². The fourth-order valence-corrected chi connectivity index (χ4v) is 1.93. The van der Waals surface area contributed by atoms with E-state index in [1.807, 2.05) is 0 Å². The molecule has 0 spiro atoms. The van der Waals surface area contributed by atoms with Crippen LogP contribution in [0.1, 0.15) is 26.3 Å². The van der Waals surface area contributed by atoms with Crippen molar-refractivity contribution < 1.29 is 24.2 Å². The molecule has 0 radical (unpaired) electrons. The third kappa shape index (κ3) is 3.02. The predicted octanol–water partition coefficient (Wildman–Crippen LogP) is 2.42. The summed E-state index contributed by atoms with van der Waals surface area (Å²) in [6.07, 6.45) is 0. The third-order valence-corrected chi connectivity index (χ3v) is 2.97. The summed E-state index contributed by atoms with van der Waals surface area (Å²) in [6, 6.07) is 10.4. The number of ketones is 1. The molecular weight excluding hydrogens is 272 g/mol. The van der Waals surface area contributed by atoms with Crippen molar-refractivity contribution in [3.05, 3.63) is 59.2 Å². The molecule has 21 heavy (non-hydrogen) atoms. The average Bonchev–Trinajstić information content (AvgIpc) is 2.52. The molecule has 0 aliphatic carbocycles. The van der Waals surface area contributed by atoms with Crippen LogP contribution in [0, 0.1) is 0 Å². The molecule has 0 aliphatic heterocycles. The highest BCUT2D eigenvalue weighted by Crippen LogP contribution is 2.24. The fraction of sp³-hybridized carbons (Fsp3) is 0.125. The lowest BCUT2D eigenvalue weighted by Crippen LogP contribution is -2.08. The summed E-state index contributed by atoms with van der Waals surface area (Å²) in [5.74, 6) is -0.559. The van der Waals surface area contributed by atoms with Crippen LogP contribution in [0.5, 0.6) is 11.5 Å². The molecule has 2 aromatic rings. The van der Waals surface area contributed by atoms with Gasteiger partial charge in [-0.2, -0.15) is 0 Å². The molecule has 0 fully saturated rings. The maximum absolute atomic E-state index is 12.5. The molecule has 0 unspecified atom stereocenters. The Morgan fingerprint density at radius 2 is 1.76 bits per heavy atom. The Balaban J connectivity index is 2.50. The number of carbonyl (C=O) groups excluding carboxylic acids is 2. The van der Waals surface area contributed by atoms with Gasteiger partial charge in [-0.05, 0) is 30.3 Å². The lowest BCUT2D eigenvalue weighted by molar-refractivity contribution is 0.0600. The second kappa shape index (κ2) is 6.09. The van der Waals surface area contributed by atoms with Crippen molar-refractivity contribution in [2.45, 2.75) is 0 Å². The summed E-state index contributed by atoms with van der Waals surface area (Å²) in [6.45, 7) is 0. The van der Waals surface area contributed by atoms with Crippen molar-refractivity contribution in [1.29, 1.82) is 0 Å². The van der Waals surface area contributed by atoms with E-state index in [1.165, 1.54) is 44.6 Å². The molecule has 0 heterocycles. The standard InChI is InChI=1S/C16H14O5/c1-20-14-7-6-11(16(19)21-2)9-13(14)15(18)10-4-3-5-12(17)8-10/h3-9,17H,1-2H3. The van der Waals surface area contributed by atoms with Crippen molar-refractivity contribution >= 4 is 11.8 Å². The molecular formula is C16H14O5. The normalized spacial score (nSPS) is 10.0. The van der Waals surface area contributed by atoms with Gasteiger partial charge in [0.25, 0.3) is 0 Å². The van der Waals surface area contributed by atoms with E-state index in [-0.39, 0.29) is 22.7 Å². The summed E-state index contributed by atoms with van der Waals surface area (Å²) in [5, 5.41) is 9.46. The summed E-state index contributed by atoms with van der Waals surface area (Å²) < 4.78 is 9.79. The molecule has 0 aromatic heterocycles. The molecule has 0 amide bonds. The van der Waals surface area contributed by atoms with E-state index in [4.69, 9.17) is 4.74 Å². The van der Waals surface area contributed by atoms with Gasteiger partial charge in [0.2, 0.25) is 0 Å². The van der Waals surface area contributed by atoms with Crippen LogP contribution in [0.2, 0.25) is 0 Å². The van der Waals surface area contributed by atoms with Gasteiger partial charge in [0.15, 0.2) is 5.78 Å². The minimum Gasteiger partial charge on any atom is -0.508 e. The van der Waals surface area contributed by atoms with Crippen LogP contribution in [0.3, 0.4) is 0 Å². The molecule has 2 rings (SSSR count). The summed E-state index contributed by atoms with van der Waals surface area (Å²) >= 11 is 0. The van der Waals surface area contributed by atoms with Crippen LogP contribution in [-0.2, 0) is 4.74 Å². The van der Waals surface area contributed by atoms with Crippen molar-refractivity contribution in [2.24, 2.45) is 0 Å². The highest BCUT2D eigenvalue weighted by atomic mass is 16.5. The van der Waals surface area contributed by atoms with Gasteiger partial charge in [0.05, 0.1) is 25.3 Å². The Kier molecular flexibility index (Phi) is 4.23. The highest BCUT2D eigenvalue weighted by Gasteiger charge is 2.18. The summed E-state index contributed by atoms with van der Waals surface area (Å²) in [5.41, 5.74) is 0.781. The first-order valence-corrected chi connectivity index (χ1v) is 6.17. The number of rotatable bonds is 4. The number of benzene rings is 2. The van der Waals surface area contributed by atoms with Crippen molar-refractivity contribution in [2.75, 3.05) is 14.2 Å². The van der Waals surface area contributed by atoms with Crippen LogP contribution in [0.25, 0.3) is 0 Å². The van der Waals surface area contributed by atoms with Gasteiger partial charge in [-0.25, -0.2) is 4.79 Å². The number of methoxy groups -OCH3 is 2. The number of esters is 1. The molecule has 108 valence electrons. The monoisotopic (exact) mass is 286 g/mol. The lowest BCUT2D eigenvalue weighted by atomic mass is 10.00. The van der Waals surface area contributed by atoms with E-state index >= 15 is 0 Å². The predicted molar refractivity (Wildman–Crippen MR) is 75.9 cm³/mol. The number of hydrogen-bond donors (Lipinski definition) is 1. The van der Waals surface area contributed by atoms with Gasteiger partial charge in [-0.15, -0.1) is 0 Å². The Hall–Kier alpha value is -2.82. The molecule has 5 heteroatoms. The largest absolute Gasteiger partial charge is 0.508 e. The summed E-state index contributed by atoms with van der Waals surface area (Å²) in [4.78, 5) is 24.1. The number of ether oxygens (including phenoxy) is 2. The number of carbonyl (C=O) groups is 2. The first kappa shape index (κ1) is 14.6. The van der Waals surface area contributed by atoms with Gasteiger partial charge in [-0.3, -0.25) is 4.79 Å². The van der Waals surface area contributed by atoms with Crippen molar-refractivity contribution in [3.63, 3.8) is 0 Å². The average molecular weight is 286 g/mol. The van der Waals surface area contributed by atoms with E-state index < -0.39 is 5.97 Å². The van der Waals surface area contributed by atoms with E-state index in [0.29, 0.717) is 11.3 Å². The maximum Gasteiger partial charge on any atom is 0.337 e. The molecule has 0 aliphatic rings. The van der Waals surface area contributed by atoms with E-state index in [1.54, 1.807) is 12.1 Å². The van der Waals surface area contributed by atoms with Crippen molar-refractivity contribution in [1.82, 2.24) is 0 Å². The maximum atomic E-state index is 12.5. The number of hydrogen-bond acceptors (Lipinski definition) is 5. The van der Waals surface area contributed by atoms with Crippen LogP contribution in [-0.4, -0.2) is 31.1 Å². The van der Waals surface area contributed by atoms with Crippen LogP contribution < -0.4 is 4.74 Å². The Morgan fingerprint density at radius 3 is 2.38 bits per heavy atom. The van der Waals surface area contributed by atoms with Gasteiger partial charge in [0, 0.05) is 5.56 Å². The Morgan fingerprint density at radius 1 is 1.00 bits per heavy atom. The molecule has 1 N–H and O–H groups in total. The topological polar surface area (TPSA) is 72.8 Å². The fourth-order valence-electron chi connectivity index (χ4n) is 1.93. The Bertz CT molecular complexity index is 691. The summed E-state index contributed by atoms with van der Waals surface area (Å²) in [7, 11) is 2.70. The molecule has 2 aromatic carbocycles. The first-order chi connectivity index (χ1) is 10.1.